The van der Waals surface area contributed by atoms with Gasteiger partial charge in [-0.2, -0.15) is 0 Å². The Morgan fingerprint density at radius 3 is 2.86 bits per heavy atom. The van der Waals surface area contributed by atoms with Gasteiger partial charge in [-0.3, -0.25) is 0 Å². The summed E-state index contributed by atoms with van der Waals surface area (Å²) in [5.74, 6) is 0. The Balaban J connectivity index is 2.37. The Labute approximate surface area is 84.8 Å². The monoisotopic (exact) mass is 195 g/mol. The van der Waals surface area contributed by atoms with E-state index in [1.54, 1.807) is 7.11 Å². The van der Waals surface area contributed by atoms with Crippen LogP contribution in [0, 0.1) is 0 Å². The molecule has 0 heterocycles. The Hall–Kier alpha value is -1.06. The lowest BCUT2D eigenvalue weighted by molar-refractivity contribution is -0.000109. The zero-order chi connectivity index (χ0) is 10.4. The van der Waals surface area contributed by atoms with Crippen molar-refractivity contribution in [3.63, 3.8) is 0 Å². The molecule has 0 amide bonds. The molecule has 0 saturated heterocycles. The third-order valence-corrected chi connectivity index (χ3v) is 1.89. The van der Waals surface area contributed by atoms with Crippen LogP contribution in [0.15, 0.2) is 24.3 Å². The van der Waals surface area contributed by atoms with Gasteiger partial charge >= 0.3 is 0 Å². The second-order valence-corrected chi connectivity index (χ2v) is 3.32. The lowest BCUT2D eigenvalue weighted by Gasteiger charge is -2.11. The minimum atomic E-state index is 0.112. The second kappa shape index (κ2) is 5.62. The molecule has 0 radical (unpaired) electrons. The number of methoxy groups -OCH3 is 1. The summed E-state index contributed by atoms with van der Waals surface area (Å²) in [6, 6.07) is 7.70. The van der Waals surface area contributed by atoms with Crippen LogP contribution in [0.4, 0.5) is 5.69 Å². The van der Waals surface area contributed by atoms with Crippen molar-refractivity contribution >= 4 is 5.69 Å². The summed E-state index contributed by atoms with van der Waals surface area (Å²) in [7, 11) is 1.67. The van der Waals surface area contributed by atoms with Gasteiger partial charge in [-0.1, -0.05) is 12.1 Å². The maximum absolute atomic E-state index is 5.64. The van der Waals surface area contributed by atoms with Crippen LogP contribution < -0.4 is 5.73 Å². The summed E-state index contributed by atoms with van der Waals surface area (Å²) in [5, 5.41) is 0. The van der Waals surface area contributed by atoms with E-state index in [0.29, 0.717) is 13.2 Å². The quantitative estimate of drug-likeness (QED) is 0.729. The first-order valence-corrected chi connectivity index (χ1v) is 4.67. The molecule has 0 fully saturated rings. The van der Waals surface area contributed by atoms with Crippen molar-refractivity contribution in [1.29, 1.82) is 0 Å². The minimum Gasteiger partial charge on any atom is -0.399 e. The van der Waals surface area contributed by atoms with Crippen molar-refractivity contribution < 1.29 is 9.47 Å². The number of hydrogen-bond acceptors (Lipinski definition) is 3. The number of hydrogen-bond donors (Lipinski definition) is 1. The van der Waals surface area contributed by atoms with Crippen molar-refractivity contribution in [2.75, 3.05) is 19.5 Å². The van der Waals surface area contributed by atoms with Gasteiger partial charge in [0.05, 0.1) is 19.3 Å². The summed E-state index contributed by atoms with van der Waals surface area (Å²) >= 11 is 0. The molecule has 0 aliphatic rings. The first-order valence-electron chi connectivity index (χ1n) is 4.67. The van der Waals surface area contributed by atoms with Crippen LogP contribution in [0.5, 0.6) is 0 Å². The van der Waals surface area contributed by atoms with Gasteiger partial charge in [-0.25, -0.2) is 0 Å². The molecular weight excluding hydrogens is 178 g/mol. The van der Waals surface area contributed by atoms with Gasteiger partial charge in [0.1, 0.15) is 0 Å². The normalized spacial score (nSPS) is 12.7. The van der Waals surface area contributed by atoms with Gasteiger partial charge in [0.2, 0.25) is 0 Å². The van der Waals surface area contributed by atoms with Crippen LogP contribution >= 0.6 is 0 Å². The van der Waals surface area contributed by atoms with Gasteiger partial charge in [0.25, 0.3) is 0 Å². The molecule has 1 aromatic carbocycles. The van der Waals surface area contributed by atoms with E-state index in [2.05, 4.69) is 0 Å². The Morgan fingerprint density at radius 1 is 1.43 bits per heavy atom. The Bertz CT molecular complexity index is 276. The van der Waals surface area contributed by atoms with E-state index >= 15 is 0 Å². The molecule has 1 atom stereocenters. The molecule has 0 aromatic heterocycles. The Kier molecular flexibility index (Phi) is 4.43. The zero-order valence-electron chi connectivity index (χ0n) is 8.69. The third-order valence-electron chi connectivity index (χ3n) is 1.89. The maximum atomic E-state index is 5.64. The van der Waals surface area contributed by atoms with Crippen molar-refractivity contribution in [3.05, 3.63) is 29.8 Å². The number of nitrogens with two attached hydrogens (primary N) is 1. The average molecular weight is 195 g/mol. The maximum Gasteiger partial charge on any atom is 0.0784 e. The van der Waals surface area contributed by atoms with Crippen molar-refractivity contribution in [3.8, 4) is 0 Å². The average Bonchev–Trinajstić information content (AvgIpc) is 2.15. The highest BCUT2D eigenvalue weighted by molar-refractivity contribution is 5.40. The van der Waals surface area contributed by atoms with E-state index in [-0.39, 0.29) is 6.10 Å². The van der Waals surface area contributed by atoms with Crippen LogP contribution in [0.25, 0.3) is 0 Å². The molecule has 1 rings (SSSR count). The SMILES string of the molecule is COCC(C)OCc1cccc(N)c1. The highest BCUT2D eigenvalue weighted by Crippen LogP contribution is 2.08. The fourth-order valence-electron chi connectivity index (χ4n) is 1.20. The van der Waals surface area contributed by atoms with Crippen molar-refractivity contribution in [2.45, 2.75) is 19.6 Å². The van der Waals surface area contributed by atoms with Gasteiger partial charge in [0.15, 0.2) is 0 Å². The number of ether oxygens (including phenoxy) is 2. The number of nitrogen functional groups attached to an aromatic ring is 1. The molecule has 3 heteroatoms. The van der Waals surface area contributed by atoms with Crippen LogP contribution in [-0.4, -0.2) is 19.8 Å². The number of rotatable bonds is 5. The standard InChI is InChI=1S/C11H17NO2/c1-9(7-13-2)14-8-10-4-3-5-11(12)6-10/h3-6,9H,7-8,12H2,1-2H3. The molecule has 14 heavy (non-hydrogen) atoms. The van der Waals surface area contributed by atoms with Crippen molar-refractivity contribution in [1.82, 2.24) is 0 Å². The van der Waals surface area contributed by atoms with E-state index in [4.69, 9.17) is 15.2 Å². The lowest BCUT2D eigenvalue weighted by atomic mass is 10.2. The van der Waals surface area contributed by atoms with E-state index < -0.39 is 0 Å². The first-order chi connectivity index (χ1) is 6.72. The summed E-state index contributed by atoms with van der Waals surface area (Å²) < 4.78 is 10.5. The van der Waals surface area contributed by atoms with Gasteiger partial charge in [0, 0.05) is 12.8 Å². The summed E-state index contributed by atoms with van der Waals surface area (Å²) in [6.07, 6.45) is 0.112. The van der Waals surface area contributed by atoms with Crippen LogP contribution in [-0.2, 0) is 16.1 Å². The molecule has 0 aliphatic heterocycles. The van der Waals surface area contributed by atoms with Crippen molar-refractivity contribution in [2.24, 2.45) is 0 Å². The summed E-state index contributed by atoms with van der Waals surface area (Å²) in [6.45, 7) is 3.17. The molecular formula is C11H17NO2. The molecule has 0 saturated carbocycles. The van der Waals surface area contributed by atoms with E-state index in [0.717, 1.165) is 11.3 Å². The third kappa shape index (κ3) is 3.77. The van der Waals surface area contributed by atoms with Crippen LogP contribution in [0.3, 0.4) is 0 Å². The molecule has 0 bridgehead atoms. The molecule has 78 valence electrons. The molecule has 2 N–H and O–H groups in total. The minimum absolute atomic E-state index is 0.112. The second-order valence-electron chi connectivity index (χ2n) is 3.32. The Morgan fingerprint density at radius 2 is 2.21 bits per heavy atom. The molecule has 0 spiro atoms. The highest BCUT2D eigenvalue weighted by Gasteiger charge is 2.01. The zero-order valence-corrected chi connectivity index (χ0v) is 8.69. The molecule has 0 aliphatic carbocycles. The molecule has 1 aromatic rings. The van der Waals surface area contributed by atoms with E-state index in [9.17, 15) is 0 Å². The largest absolute Gasteiger partial charge is 0.399 e. The molecule has 1 unspecified atom stereocenters. The lowest BCUT2D eigenvalue weighted by Crippen LogP contribution is -2.14. The predicted octanol–water partition coefficient (Wildman–Crippen LogP) is 1.82. The first kappa shape index (κ1) is 11.0. The summed E-state index contributed by atoms with van der Waals surface area (Å²) in [5.41, 5.74) is 7.50. The van der Waals surface area contributed by atoms with E-state index in [1.165, 1.54) is 0 Å². The fraction of sp³-hybridized carbons (Fsp3) is 0.455. The highest BCUT2D eigenvalue weighted by atomic mass is 16.5. The predicted molar refractivity (Wildman–Crippen MR) is 57.0 cm³/mol. The molecule has 3 nitrogen and oxygen atoms in total. The van der Waals surface area contributed by atoms with Crippen LogP contribution in [0.2, 0.25) is 0 Å². The number of benzene rings is 1. The number of anilines is 1. The van der Waals surface area contributed by atoms with Gasteiger partial charge in [-0.15, -0.1) is 0 Å². The topological polar surface area (TPSA) is 44.5 Å². The van der Waals surface area contributed by atoms with Gasteiger partial charge < -0.3 is 15.2 Å². The summed E-state index contributed by atoms with van der Waals surface area (Å²) in [4.78, 5) is 0. The van der Waals surface area contributed by atoms with Gasteiger partial charge in [-0.05, 0) is 24.6 Å². The van der Waals surface area contributed by atoms with E-state index in [1.807, 2.05) is 31.2 Å². The van der Waals surface area contributed by atoms with Crippen LogP contribution in [0.1, 0.15) is 12.5 Å². The fourth-order valence-corrected chi connectivity index (χ4v) is 1.20. The smallest absolute Gasteiger partial charge is 0.0784 e.